The van der Waals surface area contributed by atoms with Crippen LogP contribution in [0.4, 0.5) is 0 Å². The third kappa shape index (κ3) is 2.72. The average Bonchev–Trinajstić information content (AvgIpc) is 3.04. The molecule has 0 N–H and O–H groups in total. The van der Waals surface area contributed by atoms with Gasteiger partial charge in [0.2, 0.25) is 11.8 Å². The highest BCUT2D eigenvalue weighted by Gasteiger charge is 2.37. The van der Waals surface area contributed by atoms with E-state index in [1.54, 1.807) is 11.5 Å². The predicted molar refractivity (Wildman–Crippen MR) is 108 cm³/mol. The van der Waals surface area contributed by atoms with Crippen molar-refractivity contribution in [2.24, 2.45) is 5.92 Å². The highest BCUT2D eigenvalue weighted by molar-refractivity contribution is 6.03. The van der Waals surface area contributed by atoms with Crippen LogP contribution in [0.15, 0.2) is 30.5 Å². The van der Waals surface area contributed by atoms with E-state index in [9.17, 15) is 9.59 Å². The van der Waals surface area contributed by atoms with Crippen LogP contribution < -0.4 is 0 Å². The maximum Gasteiger partial charge on any atom is 0.230 e. The summed E-state index contributed by atoms with van der Waals surface area (Å²) in [6, 6.07) is 6.41. The Hall–Kier alpha value is -2.40. The van der Waals surface area contributed by atoms with E-state index in [1.807, 2.05) is 37.1 Å². The van der Waals surface area contributed by atoms with Crippen LogP contribution in [0, 0.1) is 5.92 Å². The minimum absolute atomic E-state index is 0.0326. The number of aromatic nitrogens is 1. The first-order valence-electron chi connectivity index (χ1n) is 9.81. The second-order valence-electron chi connectivity index (χ2n) is 7.64. The van der Waals surface area contributed by atoms with Gasteiger partial charge in [-0.2, -0.15) is 0 Å². The topological polar surface area (TPSA) is 45.6 Å². The molecule has 0 saturated heterocycles. The fourth-order valence-corrected chi connectivity index (χ4v) is 4.74. The fraction of sp³-hybridized carbons (Fsp3) is 0.455. The Morgan fingerprint density at radius 1 is 1.22 bits per heavy atom. The molecule has 0 fully saturated rings. The zero-order valence-electron chi connectivity index (χ0n) is 16.5. The third-order valence-electron chi connectivity index (χ3n) is 6.12. The summed E-state index contributed by atoms with van der Waals surface area (Å²) < 4.78 is 1.75. The summed E-state index contributed by atoms with van der Waals surface area (Å²) in [7, 11) is 2.10. The van der Waals surface area contributed by atoms with Gasteiger partial charge in [-0.3, -0.25) is 19.1 Å². The number of carbonyl (C=O) groups is 2. The molecule has 1 aromatic heterocycles. The molecule has 142 valence electrons. The van der Waals surface area contributed by atoms with Crippen molar-refractivity contribution < 1.29 is 9.59 Å². The van der Waals surface area contributed by atoms with Gasteiger partial charge >= 0.3 is 0 Å². The summed E-state index contributed by atoms with van der Waals surface area (Å²) in [6.45, 7) is 7.88. The summed E-state index contributed by atoms with van der Waals surface area (Å²) >= 11 is 0. The largest absolute Gasteiger partial charge is 0.343 e. The fourth-order valence-electron chi connectivity index (χ4n) is 4.74. The molecule has 2 heterocycles. The molecule has 2 aromatic rings. The molecule has 27 heavy (non-hydrogen) atoms. The maximum atomic E-state index is 13.0. The molecule has 5 nitrogen and oxygen atoms in total. The number of carbonyl (C=O) groups excluding carboxylic acids is 2. The first-order valence-corrected chi connectivity index (χ1v) is 9.81. The van der Waals surface area contributed by atoms with Crippen LogP contribution in [0.2, 0.25) is 0 Å². The Morgan fingerprint density at radius 3 is 2.63 bits per heavy atom. The Bertz CT molecular complexity index is 952. The van der Waals surface area contributed by atoms with Crippen molar-refractivity contribution in [2.45, 2.75) is 33.2 Å². The third-order valence-corrected chi connectivity index (χ3v) is 6.12. The molecule has 2 atom stereocenters. The van der Waals surface area contributed by atoms with Crippen LogP contribution >= 0.6 is 0 Å². The monoisotopic (exact) mass is 365 g/mol. The van der Waals surface area contributed by atoms with Gasteiger partial charge in [0.1, 0.15) is 0 Å². The van der Waals surface area contributed by atoms with Crippen molar-refractivity contribution in [3.8, 4) is 0 Å². The molecule has 1 amide bonds. The van der Waals surface area contributed by atoms with E-state index in [0.29, 0.717) is 0 Å². The first-order chi connectivity index (χ1) is 13.0. The average molecular weight is 365 g/mol. The lowest BCUT2D eigenvalue weighted by Crippen LogP contribution is -2.47. The Kier molecular flexibility index (Phi) is 4.42. The number of benzene rings is 1. The van der Waals surface area contributed by atoms with E-state index in [4.69, 9.17) is 0 Å². The number of likely N-dealkylation sites (N-methyl/N-ethyl adjacent to an activating group) is 1. The van der Waals surface area contributed by atoms with Gasteiger partial charge in [0.15, 0.2) is 0 Å². The maximum absolute atomic E-state index is 13.0. The second-order valence-corrected chi connectivity index (χ2v) is 7.64. The summed E-state index contributed by atoms with van der Waals surface area (Å²) in [5.41, 5.74) is 4.59. The standard InChI is InChI=1S/C22H27N3O2/c1-5-24(6-2)22(27)16-10-18-17-8-7-9-19-21(17)15(13-25(19)14(3)26)11-20(18)23(4)12-16/h7-10,13,16,20H,5-6,11-12H2,1-4H3/t16-,20?/m1/s1. The molecule has 0 spiro atoms. The van der Waals surface area contributed by atoms with Gasteiger partial charge in [-0.25, -0.2) is 0 Å². The molecule has 5 heteroatoms. The van der Waals surface area contributed by atoms with Crippen LogP contribution in [0.1, 0.15) is 36.7 Å². The van der Waals surface area contributed by atoms with Crippen molar-refractivity contribution in [2.75, 3.05) is 26.7 Å². The SMILES string of the molecule is CCN(CC)C(=O)[C@@H]1C=C2c3cccc4c3c(cn4C(C)=O)CC2N(C)C1. The molecule has 4 rings (SSSR count). The minimum Gasteiger partial charge on any atom is -0.343 e. The zero-order valence-corrected chi connectivity index (χ0v) is 16.5. The van der Waals surface area contributed by atoms with Crippen molar-refractivity contribution in [1.29, 1.82) is 0 Å². The smallest absolute Gasteiger partial charge is 0.230 e. The van der Waals surface area contributed by atoms with E-state index < -0.39 is 0 Å². The lowest BCUT2D eigenvalue weighted by atomic mass is 9.79. The summed E-state index contributed by atoms with van der Waals surface area (Å²) in [4.78, 5) is 29.3. The molecule has 1 aliphatic heterocycles. The van der Waals surface area contributed by atoms with E-state index in [1.165, 1.54) is 22.1 Å². The van der Waals surface area contributed by atoms with Crippen molar-refractivity contribution in [1.82, 2.24) is 14.4 Å². The summed E-state index contributed by atoms with van der Waals surface area (Å²) in [6.07, 6.45) is 5.06. The van der Waals surface area contributed by atoms with Crippen molar-refractivity contribution in [3.05, 3.63) is 41.6 Å². The molecule has 0 bridgehead atoms. The van der Waals surface area contributed by atoms with Gasteiger partial charge in [-0.15, -0.1) is 0 Å². The lowest BCUT2D eigenvalue weighted by molar-refractivity contribution is -0.134. The number of hydrogen-bond donors (Lipinski definition) is 0. The van der Waals surface area contributed by atoms with E-state index in [2.05, 4.69) is 24.1 Å². The van der Waals surface area contributed by atoms with Gasteiger partial charge < -0.3 is 4.90 Å². The number of hydrogen-bond acceptors (Lipinski definition) is 3. The molecule has 2 aliphatic rings. The Balaban J connectivity index is 1.85. The predicted octanol–water partition coefficient (Wildman–Crippen LogP) is 3.04. The van der Waals surface area contributed by atoms with Gasteiger partial charge in [-0.05, 0) is 50.1 Å². The van der Waals surface area contributed by atoms with Crippen LogP contribution in [-0.2, 0) is 11.2 Å². The van der Waals surface area contributed by atoms with E-state index in [0.717, 1.165) is 31.6 Å². The molecule has 0 radical (unpaired) electrons. The number of amides is 1. The van der Waals surface area contributed by atoms with Crippen molar-refractivity contribution >= 4 is 28.3 Å². The van der Waals surface area contributed by atoms with Gasteiger partial charge in [0.05, 0.1) is 11.4 Å². The van der Waals surface area contributed by atoms with Gasteiger partial charge in [0, 0.05) is 44.2 Å². The quantitative estimate of drug-likeness (QED) is 0.840. The highest BCUT2D eigenvalue weighted by atomic mass is 16.2. The Morgan fingerprint density at radius 2 is 1.96 bits per heavy atom. The molecular formula is C22H27N3O2. The van der Waals surface area contributed by atoms with Gasteiger partial charge in [-0.1, -0.05) is 18.2 Å². The molecule has 0 saturated carbocycles. The number of fused-ring (bicyclic) bond motifs is 2. The van der Waals surface area contributed by atoms with Crippen LogP contribution in [-0.4, -0.2) is 58.9 Å². The summed E-state index contributed by atoms with van der Waals surface area (Å²) in [5.74, 6) is 0.120. The normalized spacial score (nSPS) is 21.7. The molecule has 1 aliphatic carbocycles. The number of rotatable bonds is 3. The van der Waals surface area contributed by atoms with Crippen LogP contribution in [0.5, 0.6) is 0 Å². The van der Waals surface area contributed by atoms with E-state index in [-0.39, 0.29) is 23.8 Å². The lowest BCUT2D eigenvalue weighted by Gasteiger charge is -2.40. The highest BCUT2D eigenvalue weighted by Crippen LogP contribution is 2.41. The van der Waals surface area contributed by atoms with Crippen LogP contribution in [0.3, 0.4) is 0 Å². The molecule has 1 unspecified atom stereocenters. The minimum atomic E-state index is -0.118. The zero-order chi connectivity index (χ0) is 19.3. The molecular weight excluding hydrogens is 338 g/mol. The number of nitrogens with zero attached hydrogens (tertiary/aromatic N) is 3. The summed E-state index contributed by atoms with van der Waals surface area (Å²) in [5, 5.41) is 1.17. The second kappa shape index (κ2) is 6.64. The molecule has 1 aromatic carbocycles. The first kappa shape index (κ1) is 18.0. The van der Waals surface area contributed by atoms with E-state index >= 15 is 0 Å². The van der Waals surface area contributed by atoms with Crippen molar-refractivity contribution in [3.63, 3.8) is 0 Å². The Labute approximate surface area is 160 Å². The van der Waals surface area contributed by atoms with Gasteiger partial charge in [0.25, 0.3) is 0 Å². The van der Waals surface area contributed by atoms with Crippen LogP contribution in [0.25, 0.3) is 16.5 Å².